The van der Waals surface area contributed by atoms with Gasteiger partial charge in [0.15, 0.2) is 6.61 Å². The van der Waals surface area contributed by atoms with Crippen molar-refractivity contribution in [1.82, 2.24) is 5.43 Å². The third-order valence-electron chi connectivity index (χ3n) is 4.10. The first-order valence-electron chi connectivity index (χ1n) is 9.38. The van der Waals surface area contributed by atoms with Gasteiger partial charge in [0.05, 0.1) is 6.21 Å². The summed E-state index contributed by atoms with van der Waals surface area (Å²) < 4.78 is 11.3. The van der Waals surface area contributed by atoms with Crippen LogP contribution in [0.4, 0.5) is 0 Å². The smallest absolute Gasteiger partial charge is 0.277 e. The van der Waals surface area contributed by atoms with Crippen molar-refractivity contribution in [3.8, 4) is 11.5 Å². The zero-order valence-corrected chi connectivity index (χ0v) is 16.6. The molecule has 0 saturated carbocycles. The van der Waals surface area contributed by atoms with Crippen LogP contribution in [-0.4, -0.2) is 18.7 Å². The summed E-state index contributed by atoms with van der Waals surface area (Å²) in [5.41, 5.74) is 6.62. The lowest BCUT2D eigenvalue weighted by Crippen LogP contribution is -2.24. The number of hydrogen-bond donors (Lipinski definition) is 1. The maximum Gasteiger partial charge on any atom is 0.277 e. The molecular weight excluding hydrogens is 364 g/mol. The first kappa shape index (κ1) is 20.1. The number of nitrogens with zero attached hydrogens (tertiary/aromatic N) is 1. The van der Waals surface area contributed by atoms with E-state index < -0.39 is 0 Å². The lowest BCUT2D eigenvalue weighted by atomic mass is 10.1. The molecule has 148 valence electrons. The average Bonchev–Trinajstić information content (AvgIpc) is 2.72. The predicted molar refractivity (Wildman–Crippen MR) is 114 cm³/mol. The molecule has 3 aromatic rings. The maximum absolute atomic E-state index is 11.9. The lowest BCUT2D eigenvalue weighted by Gasteiger charge is -2.07. The van der Waals surface area contributed by atoms with Crippen molar-refractivity contribution in [2.45, 2.75) is 20.5 Å². The van der Waals surface area contributed by atoms with Crippen molar-refractivity contribution >= 4 is 12.1 Å². The van der Waals surface area contributed by atoms with Gasteiger partial charge in [0, 0.05) is 0 Å². The number of aryl methyl sites for hydroxylation is 2. The van der Waals surface area contributed by atoms with Crippen LogP contribution in [-0.2, 0) is 11.4 Å². The zero-order valence-electron chi connectivity index (χ0n) is 16.6. The number of rotatable bonds is 8. The van der Waals surface area contributed by atoms with Crippen molar-refractivity contribution in [2.75, 3.05) is 6.61 Å². The number of amides is 1. The van der Waals surface area contributed by atoms with E-state index in [0.29, 0.717) is 12.4 Å². The van der Waals surface area contributed by atoms with E-state index in [1.54, 1.807) is 6.21 Å². The number of ether oxygens (including phenoxy) is 2. The predicted octanol–water partition coefficient (Wildman–Crippen LogP) is 4.41. The van der Waals surface area contributed by atoms with Gasteiger partial charge in [-0.15, -0.1) is 0 Å². The van der Waals surface area contributed by atoms with Crippen LogP contribution < -0.4 is 14.9 Å². The molecule has 0 atom stereocenters. The van der Waals surface area contributed by atoms with Gasteiger partial charge in [-0.1, -0.05) is 36.4 Å². The molecule has 0 spiro atoms. The Morgan fingerprint density at radius 1 is 0.897 bits per heavy atom. The second-order valence-corrected chi connectivity index (χ2v) is 6.75. The van der Waals surface area contributed by atoms with E-state index in [-0.39, 0.29) is 12.5 Å². The Bertz CT molecular complexity index is 947. The van der Waals surface area contributed by atoms with Gasteiger partial charge in [-0.25, -0.2) is 5.43 Å². The van der Waals surface area contributed by atoms with E-state index in [0.717, 1.165) is 28.0 Å². The third-order valence-corrected chi connectivity index (χ3v) is 4.10. The molecule has 0 bridgehead atoms. The molecule has 0 saturated heterocycles. The van der Waals surface area contributed by atoms with Crippen LogP contribution in [0.3, 0.4) is 0 Å². The number of benzene rings is 3. The molecule has 3 rings (SSSR count). The highest BCUT2D eigenvalue weighted by Crippen LogP contribution is 2.16. The van der Waals surface area contributed by atoms with E-state index in [2.05, 4.69) is 16.6 Å². The Hall–Kier alpha value is -3.60. The fourth-order valence-electron chi connectivity index (χ4n) is 2.77. The van der Waals surface area contributed by atoms with Crippen LogP contribution in [0.2, 0.25) is 0 Å². The number of nitrogens with one attached hydrogen (secondary N) is 1. The van der Waals surface area contributed by atoms with Crippen molar-refractivity contribution in [3.63, 3.8) is 0 Å². The first-order valence-corrected chi connectivity index (χ1v) is 9.38. The fraction of sp³-hybridized carbons (Fsp3) is 0.167. The molecule has 3 aromatic carbocycles. The van der Waals surface area contributed by atoms with Crippen molar-refractivity contribution in [3.05, 3.63) is 95.1 Å². The van der Waals surface area contributed by atoms with Gasteiger partial charge < -0.3 is 9.47 Å². The Labute approximate surface area is 171 Å². The summed E-state index contributed by atoms with van der Waals surface area (Å²) in [7, 11) is 0. The SMILES string of the molecule is Cc1cc(C)cc(OCC(=O)N/N=C/c2ccc(OCc3ccccc3)cc2)c1. The molecule has 0 heterocycles. The van der Waals surface area contributed by atoms with Crippen LogP contribution in [0.1, 0.15) is 22.3 Å². The summed E-state index contributed by atoms with van der Waals surface area (Å²) in [5.74, 6) is 1.13. The van der Waals surface area contributed by atoms with Crippen molar-refractivity contribution in [1.29, 1.82) is 0 Å². The van der Waals surface area contributed by atoms with Gasteiger partial charge in [-0.2, -0.15) is 5.10 Å². The van der Waals surface area contributed by atoms with Crippen LogP contribution in [0, 0.1) is 13.8 Å². The van der Waals surface area contributed by atoms with Crippen LogP contribution in [0.5, 0.6) is 11.5 Å². The third kappa shape index (κ3) is 6.81. The van der Waals surface area contributed by atoms with Crippen LogP contribution in [0.25, 0.3) is 0 Å². The molecule has 0 unspecified atom stereocenters. The second kappa shape index (κ2) is 10.1. The fourth-order valence-corrected chi connectivity index (χ4v) is 2.77. The molecule has 0 radical (unpaired) electrons. The summed E-state index contributed by atoms with van der Waals surface area (Å²) >= 11 is 0. The largest absolute Gasteiger partial charge is 0.489 e. The van der Waals surface area contributed by atoms with E-state index in [1.165, 1.54) is 0 Å². The zero-order chi connectivity index (χ0) is 20.5. The lowest BCUT2D eigenvalue weighted by molar-refractivity contribution is -0.123. The highest BCUT2D eigenvalue weighted by atomic mass is 16.5. The molecule has 0 aliphatic rings. The molecule has 0 aromatic heterocycles. The highest BCUT2D eigenvalue weighted by molar-refractivity contribution is 5.83. The standard InChI is InChI=1S/C24H24N2O3/c1-18-12-19(2)14-23(13-18)29-17-24(27)26-25-15-20-8-10-22(11-9-20)28-16-21-6-4-3-5-7-21/h3-15H,16-17H2,1-2H3,(H,26,27)/b25-15+. The van der Waals surface area contributed by atoms with E-state index in [1.807, 2.05) is 80.6 Å². The van der Waals surface area contributed by atoms with E-state index in [4.69, 9.17) is 9.47 Å². The number of hydrogen-bond acceptors (Lipinski definition) is 4. The highest BCUT2D eigenvalue weighted by Gasteiger charge is 2.03. The molecule has 1 amide bonds. The van der Waals surface area contributed by atoms with Gasteiger partial charge in [-0.3, -0.25) is 4.79 Å². The molecule has 0 fully saturated rings. The topological polar surface area (TPSA) is 59.9 Å². The molecular formula is C24H24N2O3. The summed E-state index contributed by atoms with van der Waals surface area (Å²) in [4.78, 5) is 11.9. The molecule has 5 heteroatoms. The van der Waals surface area contributed by atoms with Crippen LogP contribution in [0.15, 0.2) is 77.9 Å². The second-order valence-electron chi connectivity index (χ2n) is 6.75. The van der Waals surface area contributed by atoms with Crippen LogP contribution >= 0.6 is 0 Å². The van der Waals surface area contributed by atoms with Gasteiger partial charge in [0.25, 0.3) is 5.91 Å². The normalized spacial score (nSPS) is 10.7. The summed E-state index contributed by atoms with van der Waals surface area (Å²) in [6, 6.07) is 23.3. The number of hydrazone groups is 1. The monoisotopic (exact) mass is 388 g/mol. The molecule has 0 aliphatic heterocycles. The molecule has 5 nitrogen and oxygen atoms in total. The molecule has 29 heavy (non-hydrogen) atoms. The average molecular weight is 388 g/mol. The number of carbonyl (C=O) groups excluding carboxylic acids is 1. The van der Waals surface area contributed by atoms with Gasteiger partial charge in [0.2, 0.25) is 0 Å². The summed E-state index contributed by atoms with van der Waals surface area (Å²) in [5, 5.41) is 3.97. The Morgan fingerprint density at radius 2 is 1.59 bits per heavy atom. The Morgan fingerprint density at radius 3 is 2.28 bits per heavy atom. The number of carbonyl (C=O) groups is 1. The van der Waals surface area contributed by atoms with Crippen molar-refractivity contribution in [2.24, 2.45) is 5.10 Å². The minimum Gasteiger partial charge on any atom is -0.489 e. The Balaban J connectivity index is 1.43. The van der Waals surface area contributed by atoms with E-state index in [9.17, 15) is 4.79 Å². The van der Waals surface area contributed by atoms with Crippen molar-refractivity contribution < 1.29 is 14.3 Å². The minimum atomic E-state index is -0.316. The first-order chi connectivity index (χ1) is 14.1. The minimum absolute atomic E-state index is 0.0908. The Kier molecular flexibility index (Phi) is 7.00. The van der Waals surface area contributed by atoms with E-state index >= 15 is 0 Å². The maximum atomic E-state index is 11.9. The molecule has 1 N–H and O–H groups in total. The summed E-state index contributed by atoms with van der Waals surface area (Å²) in [6.07, 6.45) is 1.58. The van der Waals surface area contributed by atoms with Gasteiger partial charge in [0.1, 0.15) is 18.1 Å². The molecule has 0 aliphatic carbocycles. The van der Waals surface area contributed by atoms with Gasteiger partial charge >= 0.3 is 0 Å². The quantitative estimate of drug-likeness (QED) is 0.459. The summed E-state index contributed by atoms with van der Waals surface area (Å²) in [6.45, 7) is 4.40. The van der Waals surface area contributed by atoms with Gasteiger partial charge in [-0.05, 0) is 72.5 Å².